The molecule has 53 heavy (non-hydrogen) atoms. The summed E-state index contributed by atoms with van der Waals surface area (Å²) < 4.78 is 5.35. The maximum atomic E-state index is 13.9. The molecule has 0 spiro atoms. The van der Waals surface area contributed by atoms with E-state index in [4.69, 9.17) is 21.3 Å². The third kappa shape index (κ3) is 8.76. The summed E-state index contributed by atoms with van der Waals surface area (Å²) in [6.07, 6.45) is 5.00. The van der Waals surface area contributed by atoms with Gasteiger partial charge in [-0.3, -0.25) is 9.59 Å². The van der Waals surface area contributed by atoms with Crippen molar-refractivity contribution in [2.45, 2.75) is 90.2 Å². The quantitative estimate of drug-likeness (QED) is 0.0881. The molecule has 13 heteroatoms. The summed E-state index contributed by atoms with van der Waals surface area (Å²) in [5.41, 5.74) is 6.46. The number of carbonyl (C=O) groups is 3. The highest BCUT2D eigenvalue weighted by molar-refractivity contribution is 6.35. The summed E-state index contributed by atoms with van der Waals surface area (Å²) in [6, 6.07) is 14.6. The minimum atomic E-state index is -0.886. The first-order valence-corrected chi connectivity index (χ1v) is 18.7. The molecule has 2 aliphatic carbocycles. The third-order valence-electron chi connectivity index (χ3n) is 10.1. The number of hydrogen-bond donors (Lipinski definition) is 6. The second-order valence-corrected chi connectivity index (χ2v) is 16.0. The monoisotopic (exact) mass is 739 g/mol. The Balaban J connectivity index is 1.05. The SMILES string of the molecule is Cc1cc2[nH]c(C3CC3)nc2cc1-c1ccc(C[C@H](NC(=O)[C@H]2CC[C@H](CNC(=O)OC(C)(C)C)CC2)C(=O)Nc2cc(Cl)c3[nH]c(=O)[nH]c3c2)cc1. The summed E-state index contributed by atoms with van der Waals surface area (Å²) in [5, 5.41) is 9.07. The number of anilines is 1. The molecular weight excluding hydrogens is 694 g/mol. The number of H-pyrrole nitrogens is 3. The predicted octanol–water partition coefficient (Wildman–Crippen LogP) is 7.24. The van der Waals surface area contributed by atoms with Gasteiger partial charge in [-0.05, 0) is 119 Å². The number of ether oxygens (including phenoxy) is 1. The molecule has 0 unspecified atom stereocenters. The molecule has 2 heterocycles. The van der Waals surface area contributed by atoms with Crippen molar-refractivity contribution in [3.63, 3.8) is 0 Å². The molecule has 0 bridgehead atoms. The van der Waals surface area contributed by atoms with Crippen molar-refractivity contribution in [3.05, 3.63) is 81.0 Å². The zero-order valence-electron chi connectivity index (χ0n) is 30.5. The molecular formula is C40H46ClN7O5. The highest BCUT2D eigenvalue weighted by atomic mass is 35.5. The fraction of sp³-hybridized carbons (Fsp3) is 0.425. The van der Waals surface area contributed by atoms with Crippen LogP contribution in [0.5, 0.6) is 0 Å². The van der Waals surface area contributed by atoms with Gasteiger partial charge in [0.1, 0.15) is 17.5 Å². The van der Waals surface area contributed by atoms with Crippen molar-refractivity contribution in [1.29, 1.82) is 0 Å². The molecule has 3 amide bonds. The number of hydrogen-bond acceptors (Lipinski definition) is 6. The third-order valence-corrected chi connectivity index (χ3v) is 10.4. The van der Waals surface area contributed by atoms with Gasteiger partial charge in [0.25, 0.3) is 0 Å². The van der Waals surface area contributed by atoms with Gasteiger partial charge in [0, 0.05) is 30.5 Å². The van der Waals surface area contributed by atoms with Gasteiger partial charge in [0.05, 0.1) is 27.1 Å². The number of alkyl carbamates (subject to hydrolysis) is 1. The molecule has 12 nitrogen and oxygen atoms in total. The average molecular weight is 740 g/mol. The summed E-state index contributed by atoms with van der Waals surface area (Å²) in [5.74, 6) is 0.985. The summed E-state index contributed by atoms with van der Waals surface area (Å²) in [6.45, 7) is 8.05. The van der Waals surface area contributed by atoms with E-state index in [9.17, 15) is 19.2 Å². The fourth-order valence-corrected chi connectivity index (χ4v) is 7.44. The topological polar surface area (TPSA) is 174 Å². The Morgan fingerprint density at radius 2 is 1.68 bits per heavy atom. The van der Waals surface area contributed by atoms with Gasteiger partial charge in [-0.2, -0.15) is 0 Å². The van der Waals surface area contributed by atoms with Crippen LogP contribution in [-0.4, -0.2) is 56.0 Å². The lowest BCUT2D eigenvalue weighted by atomic mass is 9.81. The van der Waals surface area contributed by atoms with Crippen molar-refractivity contribution >= 4 is 57.3 Å². The Kier molecular flexibility index (Phi) is 10.1. The fourth-order valence-electron chi connectivity index (χ4n) is 7.17. The number of benzene rings is 3. The number of carbonyl (C=O) groups excluding carboxylic acids is 3. The molecule has 2 saturated carbocycles. The second kappa shape index (κ2) is 14.7. The van der Waals surface area contributed by atoms with E-state index in [1.807, 2.05) is 45.0 Å². The second-order valence-electron chi connectivity index (χ2n) is 15.6. The van der Waals surface area contributed by atoms with Gasteiger partial charge in [-0.15, -0.1) is 0 Å². The van der Waals surface area contributed by atoms with Crippen LogP contribution in [0.2, 0.25) is 5.02 Å². The van der Waals surface area contributed by atoms with Gasteiger partial charge in [0.2, 0.25) is 11.8 Å². The summed E-state index contributed by atoms with van der Waals surface area (Å²) in [4.78, 5) is 65.2. The van der Waals surface area contributed by atoms with E-state index in [2.05, 4.69) is 50.0 Å². The van der Waals surface area contributed by atoms with Crippen LogP contribution in [0.4, 0.5) is 10.5 Å². The smallest absolute Gasteiger partial charge is 0.407 e. The zero-order chi connectivity index (χ0) is 37.4. The lowest BCUT2D eigenvalue weighted by Crippen LogP contribution is -2.48. The van der Waals surface area contributed by atoms with Crippen molar-refractivity contribution in [2.24, 2.45) is 11.8 Å². The molecule has 2 fully saturated rings. The Morgan fingerprint density at radius 1 is 0.943 bits per heavy atom. The van der Waals surface area contributed by atoms with E-state index in [1.165, 1.54) is 12.8 Å². The van der Waals surface area contributed by atoms with E-state index >= 15 is 0 Å². The molecule has 3 aromatic carbocycles. The molecule has 1 atom stereocenters. The summed E-state index contributed by atoms with van der Waals surface area (Å²) in [7, 11) is 0. The Morgan fingerprint density at radius 3 is 2.38 bits per heavy atom. The Labute approximate surface area is 312 Å². The number of imidazole rings is 2. The lowest BCUT2D eigenvalue weighted by molar-refractivity contribution is -0.130. The number of halogens is 1. The van der Waals surface area contributed by atoms with Gasteiger partial charge in [-0.1, -0.05) is 35.9 Å². The number of nitrogens with one attached hydrogen (secondary N) is 6. The van der Waals surface area contributed by atoms with Gasteiger partial charge in [-0.25, -0.2) is 14.6 Å². The number of nitrogens with zero attached hydrogens (tertiary/aromatic N) is 1. The van der Waals surface area contributed by atoms with E-state index in [0.29, 0.717) is 42.0 Å². The minimum absolute atomic E-state index is 0.183. The number of rotatable bonds is 10. The number of fused-ring (bicyclic) bond motifs is 2. The van der Waals surface area contributed by atoms with E-state index in [-0.39, 0.29) is 29.2 Å². The van der Waals surface area contributed by atoms with Crippen LogP contribution >= 0.6 is 11.6 Å². The number of aromatic nitrogens is 4. The van der Waals surface area contributed by atoms with Crippen LogP contribution in [0.25, 0.3) is 33.2 Å². The predicted molar refractivity (Wildman–Crippen MR) is 206 cm³/mol. The first kappa shape index (κ1) is 36.3. The maximum Gasteiger partial charge on any atom is 0.407 e. The molecule has 5 aromatic rings. The maximum absolute atomic E-state index is 13.9. The van der Waals surface area contributed by atoms with Gasteiger partial charge < -0.3 is 35.6 Å². The lowest BCUT2D eigenvalue weighted by Gasteiger charge is -2.29. The largest absolute Gasteiger partial charge is 0.444 e. The highest BCUT2D eigenvalue weighted by Gasteiger charge is 2.31. The normalized spacial score (nSPS) is 18.1. The molecule has 0 radical (unpaired) electrons. The van der Waals surface area contributed by atoms with Crippen molar-refractivity contribution in [3.8, 4) is 11.1 Å². The average Bonchev–Trinajstić information content (AvgIpc) is 3.76. The molecule has 2 aromatic heterocycles. The van der Waals surface area contributed by atoms with Crippen LogP contribution in [0, 0.1) is 18.8 Å². The minimum Gasteiger partial charge on any atom is -0.444 e. The zero-order valence-corrected chi connectivity index (χ0v) is 31.2. The molecule has 0 aliphatic heterocycles. The van der Waals surface area contributed by atoms with Crippen LogP contribution in [0.15, 0.2) is 53.3 Å². The Hall–Kier alpha value is -5.10. The van der Waals surface area contributed by atoms with Gasteiger partial charge in [0.15, 0.2) is 0 Å². The molecule has 2 aliphatic rings. The van der Waals surface area contributed by atoms with E-state index in [1.54, 1.807) is 12.1 Å². The van der Waals surface area contributed by atoms with Crippen LogP contribution in [0.3, 0.4) is 0 Å². The molecule has 278 valence electrons. The first-order valence-electron chi connectivity index (χ1n) is 18.4. The number of aromatic amines is 3. The van der Waals surface area contributed by atoms with Crippen molar-refractivity contribution in [1.82, 2.24) is 30.6 Å². The highest BCUT2D eigenvalue weighted by Crippen LogP contribution is 2.40. The van der Waals surface area contributed by atoms with Crippen LogP contribution in [0.1, 0.15) is 82.2 Å². The van der Waals surface area contributed by atoms with Gasteiger partial charge >= 0.3 is 11.8 Å². The van der Waals surface area contributed by atoms with Crippen molar-refractivity contribution in [2.75, 3.05) is 11.9 Å². The van der Waals surface area contributed by atoms with E-state index < -0.39 is 29.3 Å². The van der Waals surface area contributed by atoms with Crippen molar-refractivity contribution < 1.29 is 19.1 Å². The van der Waals surface area contributed by atoms with E-state index in [0.717, 1.165) is 52.0 Å². The number of aryl methyl sites for hydroxylation is 1. The molecule has 6 N–H and O–H groups in total. The Bertz CT molecular complexity index is 2220. The standard InChI is InChI=1S/C40H46ClN7O5/c1-21-15-30-31(45-35(44-30)25-13-14-25)19-28(21)24-9-5-22(6-10-24)16-33(37(50)43-27-17-29(41)34-32(18-27)47-38(51)48-34)46-36(49)26-11-7-23(8-12-26)20-42-39(52)53-40(2,3)4/h5-6,9-10,15,17-19,23,25-26,33H,7-8,11-14,16,20H2,1-4H3,(H,42,52)(H,43,50)(H,44,45)(H,46,49)(H2,47,48,51)/t23-,26-,33-/m0/s1. The number of amides is 3. The van der Waals surface area contributed by atoms with Crippen LogP contribution < -0.4 is 21.6 Å². The molecule has 7 rings (SSSR count). The summed E-state index contributed by atoms with van der Waals surface area (Å²) >= 11 is 6.41. The van der Waals surface area contributed by atoms with Crippen LogP contribution in [-0.2, 0) is 20.7 Å². The first-order chi connectivity index (χ1) is 25.3. The molecule has 0 saturated heterocycles.